The molecule has 2 N–H and O–H groups in total. The number of carbonyl (C=O) groups is 1. The summed E-state index contributed by atoms with van der Waals surface area (Å²) in [5.41, 5.74) is 0. The number of amides is 1. The molecule has 2 heterocycles. The van der Waals surface area contributed by atoms with Crippen LogP contribution in [0.5, 0.6) is 0 Å². The molecular formula is C17H26ClN3OS. The number of rotatable bonds is 5. The minimum absolute atomic E-state index is 0.00743. The molecule has 0 spiro atoms. The van der Waals surface area contributed by atoms with Crippen LogP contribution in [-0.4, -0.2) is 48.1 Å². The van der Waals surface area contributed by atoms with Gasteiger partial charge in [-0.2, -0.15) is 0 Å². The monoisotopic (exact) mass is 355 g/mol. The van der Waals surface area contributed by atoms with Crippen molar-refractivity contribution in [3.05, 3.63) is 21.3 Å². The maximum atomic E-state index is 12.2. The van der Waals surface area contributed by atoms with E-state index in [1.165, 1.54) is 37.3 Å². The number of hydrogen-bond acceptors (Lipinski definition) is 4. The van der Waals surface area contributed by atoms with Crippen molar-refractivity contribution in [2.75, 3.05) is 13.1 Å². The lowest BCUT2D eigenvalue weighted by molar-refractivity contribution is 0.0878. The molecule has 0 aromatic carbocycles. The van der Waals surface area contributed by atoms with E-state index in [1.807, 2.05) is 0 Å². The van der Waals surface area contributed by atoms with Crippen molar-refractivity contribution >= 4 is 28.8 Å². The predicted octanol–water partition coefficient (Wildman–Crippen LogP) is 3.12. The van der Waals surface area contributed by atoms with Crippen molar-refractivity contribution in [1.82, 2.24) is 15.5 Å². The molecule has 0 bridgehead atoms. The van der Waals surface area contributed by atoms with E-state index < -0.39 is 0 Å². The first kappa shape index (κ1) is 17.2. The minimum Gasteiger partial charge on any atom is -0.347 e. The highest BCUT2D eigenvalue weighted by Crippen LogP contribution is 2.25. The standard InChI is InChI=1S/C17H26ClN3OS/c1-11(2)21-9-7-12(8-10-21)19-13-3-4-14(13)20-17(22)15-5-6-16(18)23-15/h5-6,11-14,19H,3-4,7-10H2,1-2H3,(H,20,22)/t13-,14+/m1/s1. The lowest BCUT2D eigenvalue weighted by Crippen LogP contribution is -2.60. The van der Waals surface area contributed by atoms with E-state index in [0.717, 1.165) is 12.8 Å². The van der Waals surface area contributed by atoms with Gasteiger partial charge in [0, 0.05) is 24.2 Å². The van der Waals surface area contributed by atoms with E-state index in [2.05, 4.69) is 29.4 Å². The summed E-state index contributed by atoms with van der Waals surface area (Å²) in [5.74, 6) is 0.00743. The van der Waals surface area contributed by atoms with Crippen molar-refractivity contribution in [3.63, 3.8) is 0 Å². The first-order valence-electron chi connectivity index (χ1n) is 8.59. The second-order valence-corrected chi connectivity index (χ2v) is 8.65. The molecule has 1 aliphatic carbocycles. The largest absolute Gasteiger partial charge is 0.347 e. The Morgan fingerprint density at radius 1 is 1.22 bits per heavy atom. The molecule has 1 saturated carbocycles. The van der Waals surface area contributed by atoms with Gasteiger partial charge in [0.2, 0.25) is 0 Å². The van der Waals surface area contributed by atoms with Crippen LogP contribution in [0.25, 0.3) is 0 Å². The molecule has 6 heteroatoms. The van der Waals surface area contributed by atoms with E-state index in [-0.39, 0.29) is 11.9 Å². The van der Waals surface area contributed by atoms with E-state index >= 15 is 0 Å². The topological polar surface area (TPSA) is 44.4 Å². The second-order valence-electron chi connectivity index (χ2n) is 6.94. The molecule has 2 fully saturated rings. The van der Waals surface area contributed by atoms with Crippen molar-refractivity contribution in [1.29, 1.82) is 0 Å². The van der Waals surface area contributed by atoms with Crippen LogP contribution in [0.4, 0.5) is 0 Å². The number of nitrogens with one attached hydrogen (secondary N) is 2. The van der Waals surface area contributed by atoms with Gasteiger partial charge in [-0.15, -0.1) is 11.3 Å². The Hall–Kier alpha value is -0.620. The van der Waals surface area contributed by atoms with Crippen LogP contribution in [-0.2, 0) is 0 Å². The van der Waals surface area contributed by atoms with Gasteiger partial charge >= 0.3 is 0 Å². The third kappa shape index (κ3) is 4.27. The van der Waals surface area contributed by atoms with Crippen LogP contribution in [0.1, 0.15) is 49.2 Å². The normalized spacial score (nSPS) is 26.3. The summed E-state index contributed by atoms with van der Waals surface area (Å²) >= 11 is 7.24. The fraction of sp³-hybridized carbons (Fsp3) is 0.706. The van der Waals surface area contributed by atoms with Crippen molar-refractivity contribution < 1.29 is 4.79 Å². The first-order chi connectivity index (χ1) is 11.0. The van der Waals surface area contributed by atoms with Crippen LogP contribution in [0.2, 0.25) is 4.34 Å². The van der Waals surface area contributed by atoms with E-state index in [1.54, 1.807) is 12.1 Å². The summed E-state index contributed by atoms with van der Waals surface area (Å²) in [6.45, 7) is 6.88. The molecule has 23 heavy (non-hydrogen) atoms. The van der Waals surface area contributed by atoms with Crippen LogP contribution in [0.15, 0.2) is 12.1 Å². The molecule has 0 radical (unpaired) electrons. The highest BCUT2D eigenvalue weighted by Gasteiger charge is 2.34. The SMILES string of the molecule is CC(C)N1CCC(N[C@@H]2CC[C@@H]2NC(=O)c2ccc(Cl)s2)CC1. The summed E-state index contributed by atoms with van der Waals surface area (Å²) in [7, 11) is 0. The average molecular weight is 356 g/mol. The van der Waals surface area contributed by atoms with Crippen molar-refractivity contribution in [3.8, 4) is 0 Å². The van der Waals surface area contributed by atoms with Gasteiger partial charge in [-0.1, -0.05) is 11.6 Å². The Balaban J connectivity index is 1.44. The lowest BCUT2D eigenvalue weighted by atomic mass is 9.85. The van der Waals surface area contributed by atoms with Gasteiger partial charge in [0.05, 0.1) is 9.21 Å². The number of carbonyl (C=O) groups excluding carboxylic acids is 1. The van der Waals surface area contributed by atoms with Gasteiger partial charge in [-0.25, -0.2) is 0 Å². The van der Waals surface area contributed by atoms with Gasteiger partial charge in [0.25, 0.3) is 5.91 Å². The summed E-state index contributed by atoms with van der Waals surface area (Å²) < 4.78 is 0.662. The molecule has 2 aliphatic rings. The number of halogens is 1. The Labute approximate surface area is 147 Å². The number of nitrogens with zero attached hydrogens (tertiary/aromatic N) is 1. The third-order valence-corrected chi connectivity index (χ3v) is 6.33. The zero-order valence-electron chi connectivity index (χ0n) is 13.8. The van der Waals surface area contributed by atoms with Gasteiger partial charge in [0.15, 0.2) is 0 Å². The number of likely N-dealkylation sites (tertiary alicyclic amines) is 1. The zero-order chi connectivity index (χ0) is 16.4. The highest BCUT2D eigenvalue weighted by molar-refractivity contribution is 7.17. The van der Waals surface area contributed by atoms with Gasteiger partial charge in [-0.3, -0.25) is 4.79 Å². The fourth-order valence-corrected chi connectivity index (χ4v) is 4.38. The first-order valence-corrected chi connectivity index (χ1v) is 9.78. The van der Waals surface area contributed by atoms with Gasteiger partial charge < -0.3 is 15.5 Å². The molecule has 3 rings (SSSR count). The molecule has 4 nitrogen and oxygen atoms in total. The molecule has 0 unspecified atom stereocenters. The molecule has 1 aliphatic heterocycles. The Kier molecular flexibility index (Phi) is 5.62. The Morgan fingerprint density at radius 2 is 1.91 bits per heavy atom. The third-order valence-electron chi connectivity index (χ3n) is 5.10. The van der Waals surface area contributed by atoms with Crippen molar-refractivity contribution in [2.24, 2.45) is 0 Å². The molecule has 1 amide bonds. The molecule has 2 atom stereocenters. The number of hydrogen-bond donors (Lipinski definition) is 2. The lowest BCUT2D eigenvalue weighted by Gasteiger charge is -2.42. The van der Waals surface area contributed by atoms with Crippen LogP contribution in [0.3, 0.4) is 0 Å². The van der Waals surface area contributed by atoms with Crippen molar-refractivity contribution in [2.45, 2.75) is 63.7 Å². The zero-order valence-corrected chi connectivity index (χ0v) is 15.4. The molecule has 1 saturated heterocycles. The highest BCUT2D eigenvalue weighted by atomic mass is 35.5. The predicted molar refractivity (Wildman–Crippen MR) is 96.5 cm³/mol. The summed E-state index contributed by atoms with van der Waals surface area (Å²) in [5, 5.41) is 6.92. The van der Waals surface area contributed by atoms with Gasteiger partial charge in [0.1, 0.15) is 0 Å². The Morgan fingerprint density at radius 3 is 2.43 bits per heavy atom. The maximum absolute atomic E-state index is 12.2. The maximum Gasteiger partial charge on any atom is 0.261 e. The van der Waals surface area contributed by atoms with Crippen LogP contribution >= 0.6 is 22.9 Å². The van der Waals surface area contributed by atoms with Crippen LogP contribution in [0, 0.1) is 0 Å². The van der Waals surface area contributed by atoms with E-state index in [4.69, 9.17) is 11.6 Å². The second kappa shape index (κ2) is 7.51. The molecular weight excluding hydrogens is 330 g/mol. The molecule has 1 aromatic rings. The van der Waals surface area contributed by atoms with Gasteiger partial charge in [-0.05, 0) is 64.8 Å². The van der Waals surface area contributed by atoms with Crippen LogP contribution < -0.4 is 10.6 Å². The average Bonchev–Trinajstić information content (AvgIpc) is 2.96. The van der Waals surface area contributed by atoms with E-state index in [9.17, 15) is 4.79 Å². The quantitative estimate of drug-likeness (QED) is 0.852. The van der Waals surface area contributed by atoms with E-state index in [0.29, 0.717) is 27.3 Å². The number of thiophene rings is 1. The molecule has 128 valence electrons. The summed E-state index contributed by atoms with van der Waals surface area (Å²) in [4.78, 5) is 15.5. The minimum atomic E-state index is 0.00743. The summed E-state index contributed by atoms with van der Waals surface area (Å²) in [6, 6.07) is 5.48. The fourth-order valence-electron chi connectivity index (χ4n) is 3.43. The number of piperidine rings is 1. The smallest absolute Gasteiger partial charge is 0.261 e. The summed E-state index contributed by atoms with van der Waals surface area (Å²) in [6.07, 6.45) is 4.62. The molecule has 1 aromatic heterocycles. The Bertz CT molecular complexity index is 540.